The second kappa shape index (κ2) is 12.4. The molecule has 38 heavy (non-hydrogen) atoms. The first-order valence-electron chi connectivity index (χ1n) is 11.6. The number of aromatic hydroxyl groups is 2. The van der Waals surface area contributed by atoms with Crippen LogP contribution in [0.3, 0.4) is 0 Å². The molecule has 11 nitrogen and oxygen atoms in total. The maximum atomic E-state index is 12.8. The van der Waals surface area contributed by atoms with E-state index >= 15 is 0 Å². The summed E-state index contributed by atoms with van der Waals surface area (Å²) in [6, 6.07) is 11.6. The molecule has 0 fully saturated rings. The van der Waals surface area contributed by atoms with Crippen LogP contribution in [0.25, 0.3) is 0 Å². The molecule has 0 bridgehead atoms. The zero-order valence-electron chi connectivity index (χ0n) is 21.1. The monoisotopic (exact) mass is 524 g/mol. The number of esters is 1. The lowest BCUT2D eigenvalue weighted by Crippen LogP contribution is -2.29. The van der Waals surface area contributed by atoms with Crippen LogP contribution in [0.4, 0.5) is 5.69 Å². The summed E-state index contributed by atoms with van der Waals surface area (Å²) in [6.07, 6.45) is -0.266. The molecule has 0 radical (unpaired) electrons. The quantitative estimate of drug-likeness (QED) is 0.292. The van der Waals surface area contributed by atoms with Gasteiger partial charge >= 0.3 is 5.97 Å². The maximum Gasteiger partial charge on any atom is 0.337 e. The minimum atomic E-state index is -0.890. The van der Waals surface area contributed by atoms with Crippen LogP contribution in [0.15, 0.2) is 57.7 Å². The third-order valence-electron chi connectivity index (χ3n) is 5.65. The van der Waals surface area contributed by atoms with Crippen LogP contribution in [0, 0.1) is 6.92 Å². The Morgan fingerprint density at radius 2 is 1.71 bits per heavy atom. The van der Waals surface area contributed by atoms with Gasteiger partial charge in [-0.15, -0.1) is 0 Å². The predicted molar refractivity (Wildman–Crippen MR) is 137 cm³/mol. The molecule has 1 heterocycles. The highest BCUT2D eigenvalue weighted by molar-refractivity contribution is 5.93. The van der Waals surface area contributed by atoms with Crippen LogP contribution in [0.5, 0.6) is 17.2 Å². The van der Waals surface area contributed by atoms with Gasteiger partial charge in [0.2, 0.25) is 23.0 Å². The minimum Gasteiger partial charge on any atom is -0.504 e. The van der Waals surface area contributed by atoms with Crippen molar-refractivity contribution in [3.8, 4) is 17.2 Å². The van der Waals surface area contributed by atoms with Gasteiger partial charge in [-0.05, 0) is 48.9 Å². The number of carbonyl (C=O) groups is 3. The number of amides is 2. The van der Waals surface area contributed by atoms with E-state index < -0.39 is 29.0 Å². The smallest absolute Gasteiger partial charge is 0.337 e. The fraction of sp³-hybridized carbons (Fsp3) is 0.259. The number of hydrogen-bond acceptors (Lipinski definition) is 9. The Bertz CT molecular complexity index is 1380. The van der Waals surface area contributed by atoms with Gasteiger partial charge < -0.3 is 34.7 Å². The van der Waals surface area contributed by atoms with Crippen LogP contribution in [0.2, 0.25) is 0 Å². The molecule has 0 saturated carbocycles. The molecule has 11 heteroatoms. The molecule has 0 aliphatic rings. The Morgan fingerprint density at radius 3 is 2.37 bits per heavy atom. The Balaban J connectivity index is 1.68. The van der Waals surface area contributed by atoms with Crippen LogP contribution in [-0.2, 0) is 14.3 Å². The number of anilines is 1. The fourth-order valence-electron chi connectivity index (χ4n) is 3.74. The number of benzene rings is 2. The van der Waals surface area contributed by atoms with E-state index in [1.165, 1.54) is 44.6 Å². The molecule has 2 aromatic carbocycles. The van der Waals surface area contributed by atoms with E-state index in [0.717, 1.165) is 6.07 Å². The first-order chi connectivity index (χ1) is 18.1. The summed E-state index contributed by atoms with van der Waals surface area (Å²) < 4.78 is 15.4. The van der Waals surface area contributed by atoms with Gasteiger partial charge in [-0.2, -0.15) is 0 Å². The molecule has 200 valence electrons. The van der Waals surface area contributed by atoms with Crippen molar-refractivity contribution >= 4 is 23.5 Å². The van der Waals surface area contributed by atoms with Crippen molar-refractivity contribution in [1.29, 1.82) is 0 Å². The first-order valence-corrected chi connectivity index (χ1v) is 11.6. The molecule has 0 aliphatic heterocycles. The lowest BCUT2D eigenvalue weighted by Gasteiger charge is -2.19. The van der Waals surface area contributed by atoms with E-state index in [-0.39, 0.29) is 48.3 Å². The number of carbonyl (C=O) groups excluding carboxylic acids is 3. The second-order valence-corrected chi connectivity index (χ2v) is 8.34. The van der Waals surface area contributed by atoms with Gasteiger partial charge in [0.15, 0.2) is 17.3 Å². The van der Waals surface area contributed by atoms with Gasteiger partial charge in [-0.25, -0.2) is 4.79 Å². The van der Waals surface area contributed by atoms with Crippen molar-refractivity contribution < 1.29 is 38.5 Å². The average molecular weight is 525 g/mol. The molecule has 2 amide bonds. The molecule has 1 unspecified atom stereocenters. The third kappa shape index (κ3) is 6.90. The van der Waals surface area contributed by atoms with Crippen LogP contribution in [-0.4, -0.2) is 48.8 Å². The van der Waals surface area contributed by atoms with Crippen LogP contribution in [0.1, 0.15) is 46.2 Å². The number of phenolic OH excluding ortho intramolecular Hbond substituents is 1. The van der Waals surface area contributed by atoms with Crippen molar-refractivity contribution in [2.45, 2.75) is 25.7 Å². The van der Waals surface area contributed by atoms with Crippen molar-refractivity contribution in [3.63, 3.8) is 0 Å². The predicted octanol–water partition coefficient (Wildman–Crippen LogP) is 2.82. The lowest BCUT2D eigenvalue weighted by molar-refractivity contribution is -0.121. The number of methoxy groups -OCH3 is 2. The van der Waals surface area contributed by atoms with E-state index in [9.17, 15) is 29.4 Å². The number of rotatable bonds is 10. The van der Waals surface area contributed by atoms with Gasteiger partial charge in [-0.1, -0.05) is 6.07 Å². The topological polar surface area (TPSA) is 164 Å². The normalized spacial score (nSPS) is 11.3. The first kappa shape index (κ1) is 27.8. The van der Waals surface area contributed by atoms with E-state index in [4.69, 9.17) is 9.15 Å². The molecule has 0 saturated heterocycles. The number of nitrogens with one attached hydrogen (secondary N) is 2. The summed E-state index contributed by atoms with van der Waals surface area (Å²) in [5.41, 5.74) is 0.609. The minimum absolute atomic E-state index is 0.0142. The zero-order valence-corrected chi connectivity index (χ0v) is 21.1. The molecule has 1 aromatic heterocycles. The average Bonchev–Trinajstić information content (AvgIpc) is 2.89. The summed E-state index contributed by atoms with van der Waals surface area (Å²) in [5.74, 6) is -2.69. The SMILES string of the molecule is COC(=O)c1ccc(NC(=O)CCNC(=O)CC(c2ccc(O)c(OC)c2)c2oc(C)cc(=O)c2O)cc1. The van der Waals surface area contributed by atoms with E-state index in [1.54, 1.807) is 19.1 Å². The van der Waals surface area contributed by atoms with Crippen LogP contribution < -0.4 is 20.8 Å². The zero-order chi connectivity index (χ0) is 27.8. The van der Waals surface area contributed by atoms with Gasteiger partial charge in [0.25, 0.3) is 0 Å². The molecule has 0 spiro atoms. The number of ether oxygens (including phenoxy) is 2. The van der Waals surface area contributed by atoms with Crippen molar-refractivity contribution in [3.05, 3.63) is 81.4 Å². The maximum absolute atomic E-state index is 12.8. The third-order valence-corrected chi connectivity index (χ3v) is 5.65. The lowest BCUT2D eigenvalue weighted by atomic mass is 9.91. The molecule has 3 rings (SSSR count). The van der Waals surface area contributed by atoms with Crippen molar-refractivity contribution in [2.24, 2.45) is 0 Å². The van der Waals surface area contributed by atoms with Crippen LogP contribution >= 0.6 is 0 Å². The molecule has 0 aliphatic carbocycles. The van der Waals surface area contributed by atoms with E-state index in [0.29, 0.717) is 16.8 Å². The van der Waals surface area contributed by atoms with Gasteiger partial charge in [-0.3, -0.25) is 14.4 Å². The van der Waals surface area contributed by atoms with Crippen molar-refractivity contribution in [1.82, 2.24) is 5.32 Å². The highest BCUT2D eigenvalue weighted by Gasteiger charge is 2.26. The highest BCUT2D eigenvalue weighted by atomic mass is 16.5. The summed E-state index contributed by atoms with van der Waals surface area (Å²) in [4.78, 5) is 48.8. The molecule has 4 N–H and O–H groups in total. The summed E-state index contributed by atoms with van der Waals surface area (Å²) in [7, 11) is 2.64. The Kier molecular flexibility index (Phi) is 9.09. The number of phenols is 1. The van der Waals surface area contributed by atoms with Gasteiger partial charge in [0, 0.05) is 31.1 Å². The molecule has 1 atom stereocenters. The van der Waals surface area contributed by atoms with Crippen molar-refractivity contribution in [2.75, 3.05) is 26.1 Å². The Hall–Kier alpha value is -4.80. The summed E-state index contributed by atoms with van der Waals surface area (Å²) >= 11 is 0. The second-order valence-electron chi connectivity index (χ2n) is 8.34. The fourth-order valence-corrected chi connectivity index (χ4v) is 3.74. The Morgan fingerprint density at radius 1 is 1.00 bits per heavy atom. The summed E-state index contributed by atoms with van der Waals surface area (Å²) in [5, 5.41) is 25.7. The van der Waals surface area contributed by atoms with Gasteiger partial charge in [0.1, 0.15) is 5.76 Å². The summed E-state index contributed by atoms with van der Waals surface area (Å²) in [6.45, 7) is 1.56. The van der Waals surface area contributed by atoms with Gasteiger partial charge in [0.05, 0.1) is 25.7 Å². The van der Waals surface area contributed by atoms with E-state index in [1.807, 2.05) is 0 Å². The Labute approximate surface area is 218 Å². The molecule has 3 aromatic rings. The van der Waals surface area contributed by atoms with E-state index in [2.05, 4.69) is 15.4 Å². The number of hydrogen-bond donors (Lipinski definition) is 4. The molecular weight excluding hydrogens is 496 g/mol. The number of aryl methyl sites for hydroxylation is 1. The standard InChI is InChI=1S/C27H28N2O9/c1-15-12-21(31)25(34)26(38-15)19(17-6-9-20(30)22(13-17)36-2)14-24(33)28-11-10-23(32)29-18-7-4-16(5-8-18)27(35)37-3/h4-9,12-13,19,30,34H,10-11,14H2,1-3H3,(H,28,33)(H,29,32). The highest BCUT2D eigenvalue weighted by Crippen LogP contribution is 2.37. The largest absolute Gasteiger partial charge is 0.504 e. The molecular formula is C27H28N2O9.